The fourth-order valence-electron chi connectivity index (χ4n) is 0.539. The number of aliphatic hydroxyl groups excluding tert-OH is 4. The van der Waals surface area contributed by atoms with Gasteiger partial charge < -0.3 is 20.4 Å². The third-order valence-electron chi connectivity index (χ3n) is 1.01. The second-order valence-corrected chi connectivity index (χ2v) is 2.73. The van der Waals surface area contributed by atoms with Crippen LogP contribution >= 0.6 is 0 Å². The van der Waals surface area contributed by atoms with Gasteiger partial charge in [-0.15, -0.1) is 0 Å². The number of hydrogen-bond donors (Lipinski definition) is 4. The maximum Gasteiger partial charge on any atom is 0.0431 e. The van der Waals surface area contributed by atoms with E-state index in [0.29, 0.717) is 6.61 Å². The average Bonchev–Trinajstić information content (AvgIpc) is 2.22. The fraction of sp³-hybridized carbons (Fsp3) is 1.00. The zero-order valence-electron chi connectivity index (χ0n) is 11.4. The molecule has 0 unspecified atom stereocenters. The van der Waals surface area contributed by atoms with Crippen molar-refractivity contribution in [2.24, 2.45) is 0 Å². The molecule has 0 heterocycles. The molecule has 0 spiro atoms. The minimum absolute atomic E-state index is 0.250. The molecule has 0 radical (unpaired) electrons. The van der Waals surface area contributed by atoms with Crippen molar-refractivity contribution in [3.8, 4) is 0 Å². The molecule has 4 heteroatoms. The van der Waals surface area contributed by atoms with Crippen molar-refractivity contribution in [1.29, 1.82) is 0 Å². The zero-order valence-corrected chi connectivity index (χ0v) is 11.4. The Morgan fingerprint density at radius 3 is 1.06 bits per heavy atom. The van der Waals surface area contributed by atoms with E-state index in [9.17, 15) is 0 Å². The van der Waals surface area contributed by atoms with E-state index < -0.39 is 0 Å². The van der Waals surface area contributed by atoms with Gasteiger partial charge in [-0.05, 0) is 27.2 Å². The van der Waals surface area contributed by atoms with Crippen LogP contribution in [0.2, 0.25) is 0 Å². The molecule has 0 bridgehead atoms. The van der Waals surface area contributed by atoms with Gasteiger partial charge in [0.1, 0.15) is 0 Å². The third-order valence-corrected chi connectivity index (χ3v) is 1.01. The topological polar surface area (TPSA) is 80.9 Å². The lowest BCUT2D eigenvalue weighted by molar-refractivity contribution is 0.283. The number of unbranched alkanes of at least 4 members (excludes halogenated alkanes) is 3. The largest absolute Gasteiger partial charge is 0.397 e. The number of aliphatic hydroxyl groups is 4. The lowest BCUT2D eigenvalue weighted by Crippen LogP contribution is -1.80. The summed E-state index contributed by atoms with van der Waals surface area (Å²) < 4.78 is 0. The summed E-state index contributed by atoms with van der Waals surface area (Å²) in [6.07, 6.45) is 4.68. The standard InChI is InChI=1S/C6H14O.3C2H6O/c1-2-3-4-5-6-7;3*1-2-3/h7H,2-6H2,1H3;3*3H,2H2,1H3. The normalized spacial score (nSPS) is 7.50. The second-order valence-electron chi connectivity index (χ2n) is 2.73. The van der Waals surface area contributed by atoms with E-state index in [1.165, 1.54) is 19.3 Å². The first-order valence-corrected chi connectivity index (χ1v) is 6.09. The van der Waals surface area contributed by atoms with Crippen LogP contribution in [-0.2, 0) is 0 Å². The van der Waals surface area contributed by atoms with Gasteiger partial charge in [0, 0.05) is 26.4 Å². The van der Waals surface area contributed by atoms with Gasteiger partial charge in [0.15, 0.2) is 0 Å². The predicted octanol–water partition coefficient (Wildman–Crippen LogP) is 1.55. The van der Waals surface area contributed by atoms with E-state index in [1.54, 1.807) is 20.8 Å². The van der Waals surface area contributed by atoms with E-state index in [4.69, 9.17) is 20.4 Å². The average molecular weight is 240 g/mol. The Morgan fingerprint density at radius 2 is 0.875 bits per heavy atom. The van der Waals surface area contributed by atoms with Crippen LogP contribution in [0.4, 0.5) is 0 Å². The molecule has 0 aliphatic rings. The van der Waals surface area contributed by atoms with Gasteiger partial charge in [-0.3, -0.25) is 0 Å². The van der Waals surface area contributed by atoms with E-state index in [1.807, 2.05) is 0 Å². The van der Waals surface area contributed by atoms with Crippen molar-refractivity contribution in [2.75, 3.05) is 26.4 Å². The molecule has 0 rings (SSSR count). The molecule has 0 saturated carbocycles. The van der Waals surface area contributed by atoms with E-state index in [2.05, 4.69) is 6.92 Å². The van der Waals surface area contributed by atoms with Crippen molar-refractivity contribution < 1.29 is 20.4 Å². The third kappa shape index (κ3) is 155. The Kier molecular flexibility index (Phi) is 71.9. The van der Waals surface area contributed by atoms with Gasteiger partial charge in [0.25, 0.3) is 0 Å². The lowest BCUT2D eigenvalue weighted by Gasteiger charge is -1.90. The summed E-state index contributed by atoms with van der Waals surface area (Å²) in [7, 11) is 0. The SMILES string of the molecule is CCCCCCO.CCO.CCO.CCO. The Hall–Kier alpha value is -0.160. The van der Waals surface area contributed by atoms with Crippen LogP contribution in [0.15, 0.2) is 0 Å². The van der Waals surface area contributed by atoms with Gasteiger partial charge in [0.2, 0.25) is 0 Å². The van der Waals surface area contributed by atoms with Gasteiger partial charge >= 0.3 is 0 Å². The number of hydrogen-bond acceptors (Lipinski definition) is 4. The molecule has 0 atom stereocenters. The molecule has 0 amide bonds. The van der Waals surface area contributed by atoms with Crippen molar-refractivity contribution >= 4 is 0 Å². The Balaban J connectivity index is -0.0000000677. The molecule has 0 aromatic carbocycles. The first kappa shape index (κ1) is 24.9. The Labute approximate surface area is 101 Å². The van der Waals surface area contributed by atoms with Gasteiger partial charge in [-0.25, -0.2) is 0 Å². The summed E-state index contributed by atoms with van der Waals surface area (Å²) >= 11 is 0. The first-order valence-electron chi connectivity index (χ1n) is 6.09. The van der Waals surface area contributed by atoms with E-state index in [0.717, 1.165) is 6.42 Å². The molecule has 0 aromatic heterocycles. The maximum absolute atomic E-state index is 8.29. The highest BCUT2D eigenvalue weighted by molar-refractivity contribution is 4.35. The summed E-state index contributed by atoms with van der Waals surface area (Å²) in [5, 5.41) is 31.0. The summed E-state index contributed by atoms with van der Waals surface area (Å²) in [6, 6.07) is 0. The van der Waals surface area contributed by atoms with Crippen LogP contribution in [0.3, 0.4) is 0 Å². The van der Waals surface area contributed by atoms with Crippen molar-refractivity contribution in [3.05, 3.63) is 0 Å². The molecular weight excluding hydrogens is 208 g/mol. The Bertz CT molecular complexity index is 52.2. The second kappa shape index (κ2) is 46.2. The molecule has 16 heavy (non-hydrogen) atoms. The lowest BCUT2D eigenvalue weighted by atomic mass is 10.2. The monoisotopic (exact) mass is 240 g/mol. The first-order chi connectivity index (χ1) is 7.66. The van der Waals surface area contributed by atoms with Crippen LogP contribution in [0.25, 0.3) is 0 Å². The molecule has 0 aliphatic heterocycles. The molecule has 0 aromatic rings. The van der Waals surface area contributed by atoms with Crippen LogP contribution in [0, 0.1) is 0 Å². The predicted molar refractivity (Wildman–Crippen MR) is 69.5 cm³/mol. The summed E-state index contributed by atoms with van der Waals surface area (Å²) in [4.78, 5) is 0. The summed E-state index contributed by atoms with van der Waals surface area (Å²) in [5.74, 6) is 0. The molecule has 0 saturated heterocycles. The zero-order chi connectivity index (χ0) is 13.7. The van der Waals surface area contributed by atoms with E-state index >= 15 is 0 Å². The van der Waals surface area contributed by atoms with Crippen molar-refractivity contribution in [1.82, 2.24) is 0 Å². The maximum atomic E-state index is 8.29. The Morgan fingerprint density at radius 1 is 0.562 bits per heavy atom. The van der Waals surface area contributed by atoms with E-state index in [-0.39, 0.29) is 19.8 Å². The highest BCUT2D eigenvalue weighted by atomic mass is 16.3. The van der Waals surface area contributed by atoms with Crippen LogP contribution in [0.5, 0.6) is 0 Å². The minimum atomic E-state index is 0.250. The summed E-state index contributed by atoms with van der Waals surface area (Å²) in [6.45, 7) is 8.32. The molecular formula is C12H32O4. The van der Waals surface area contributed by atoms with Crippen LogP contribution in [-0.4, -0.2) is 46.9 Å². The molecule has 4 N–H and O–H groups in total. The molecule has 0 fully saturated rings. The molecule has 0 aliphatic carbocycles. The molecule has 104 valence electrons. The van der Waals surface area contributed by atoms with Crippen molar-refractivity contribution in [3.63, 3.8) is 0 Å². The van der Waals surface area contributed by atoms with Crippen LogP contribution in [0.1, 0.15) is 53.4 Å². The minimum Gasteiger partial charge on any atom is -0.397 e. The quantitative estimate of drug-likeness (QED) is 0.562. The molecule has 4 nitrogen and oxygen atoms in total. The summed E-state index contributed by atoms with van der Waals surface area (Å²) in [5.41, 5.74) is 0. The van der Waals surface area contributed by atoms with Crippen molar-refractivity contribution in [2.45, 2.75) is 53.4 Å². The highest BCUT2D eigenvalue weighted by Gasteiger charge is 1.80. The van der Waals surface area contributed by atoms with Gasteiger partial charge in [0.05, 0.1) is 0 Å². The van der Waals surface area contributed by atoms with Gasteiger partial charge in [-0.2, -0.15) is 0 Å². The van der Waals surface area contributed by atoms with Crippen LogP contribution < -0.4 is 0 Å². The fourth-order valence-corrected chi connectivity index (χ4v) is 0.539. The highest BCUT2D eigenvalue weighted by Crippen LogP contribution is 1.95. The number of rotatable bonds is 4. The van der Waals surface area contributed by atoms with Gasteiger partial charge in [-0.1, -0.05) is 26.2 Å². The smallest absolute Gasteiger partial charge is 0.0431 e.